The summed E-state index contributed by atoms with van der Waals surface area (Å²) in [6.07, 6.45) is 1.62. The van der Waals surface area contributed by atoms with Gasteiger partial charge in [-0.15, -0.1) is 11.8 Å². The molecular weight excluding hydrogens is 532 g/mol. The largest absolute Gasteiger partial charge is 0.384 e. The van der Waals surface area contributed by atoms with E-state index in [0.717, 1.165) is 39.3 Å². The number of anilines is 1. The van der Waals surface area contributed by atoms with E-state index < -0.39 is 10.8 Å². The topological polar surface area (TPSA) is 113 Å². The van der Waals surface area contributed by atoms with Crippen LogP contribution in [0.3, 0.4) is 0 Å². The van der Waals surface area contributed by atoms with Crippen molar-refractivity contribution in [2.75, 3.05) is 4.90 Å². The van der Waals surface area contributed by atoms with Crippen molar-refractivity contribution in [3.8, 4) is 6.07 Å². The number of thioether (sulfide) groups is 1. The molecule has 0 saturated carbocycles. The molecule has 208 valence electrons. The minimum atomic E-state index is -0.596. The number of nitriles is 1. The number of nitro benzene ring substituents is 1. The van der Waals surface area contributed by atoms with Gasteiger partial charge in [-0.2, -0.15) is 5.26 Å². The number of nitrogens with two attached hydrogens (primary N) is 1. The first kappa shape index (κ1) is 28.2. The molecule has 0 spiro atoms. The molecule has 0 bridgehead atoms. The highest BCUT2D eigenvalue weighted by molar-refractivity contribution is 7.98. The summed E-state index contributed by atoms with van der Waals surface area (Å²) < 4.78 is 0. The fraction of sp³-hybridized carbons (Fsp3) is 0.273. The molecule has 0 aromatic heterocycles. The Hall–Kier alpha value is -4.35. The van der Waals surface area contributed by atoms with Crippen molar-refractivity contribution in [1.29, 1.82) is 5.26 Å². The van der Waals surface area contributed by atoms with Gasteiger partial charge in [0.15, 0.2) is 5.78 Å². The van der Waals surface area contributed by atoms with Crippen LogP contribution in [0.2, 0.25) is 0 Å². The van der Waals surface area contributed by atoms with Crippen LogP contribution in [0.1, 0.15) is 58.6 Å². The Morgan fingerprint density at radius 1 is 1.02 bits per heavy atom. The third kappa shape index (κ3) is 5.14. The number of aryl methyl sites for hydroxylation is 4. The second-order valence-electron chi connectivity index (χ2n) is 10.7. The van der Waals surface area contributed by atoms with Crippen molar-refractivity contribution < 1.29 is 9.72 Å². The molecule has 1 unspecified atom stereocenters. The number of hydrogen-bond acceptors (Lipinski definition) is 7. The average molecular weight is 565 g/mol. The fourth-order valence-electron chi connectivity index (χ4n) is 5.88. The monoisotopic (exact) mass is 564 g/mol. The number of carbonyl (C=O) groups excluding carboxylic acids is 1. The number of ketones is 1. The molecule has 0 fully saturated rings. The number of carbonyl (C=O) groups is 1. The first-order valence-electron chi connectivity index (χ1n) is 13.6. The fourth-order valence-corrected chi connectivity index (χ4v) is 6.97. The summed E-state index contributed by atoms with van der Waals surface area (Å²) in [7, 11) is 0. The summed E-state index contributed by atoms with van der Waals surface area (Å²) in [5.41, 5.74) is 14.9. The molecule has 2 N–H and O–H groups in total. The summed E-state index contributed by atoms with van der Waals surface area (Å²) in [5, 5.41) is 22.1. The maximum Gasteiger partial charge on any atom is 0.271 e. The van der Waals surface area contributed by atoms with Crippen LogP contribution in [0.5, 0.6) is 0 Å². The molecule has 2 aliphatic rings. The minimum Gasteiger partial charge on any atom is -0.384 e. The maximum absolute atomic E-state index is 13.7. The van der Waals surface area contributed by atoms with Gasteiger partial charge in [0, 0.05) is 40.5 Å². The van der Waals surface area contributed by atoms with E-state index in [9.17, 15) is 20.2 Å². The summed E-state index contributed by atoms with van der Waals surface area (Å²) in [5.74, 6) is 0.350. The predicted octanol–water partition coefficient (Wildman–Crippen LogP) is 7.43. The quantitative estimate of drug-likeness (QED) is 0.188. The molecule has 5 rings (SSSR count). The third-order valence-electron chi connectivity index (χ3n) is 8.07. The zero-order chi connectivity index (χ0) is 29.4. The van der Waals surface area contributed by atoms with Crippen molar-refractivity contribution in [3.63, 3.8) is 0 Å². The van der Waals surface area contributed by atoms with Gasteiger partial charge in [-0.1, -0.05) is 36.4 Å². The Morgan fingerprint density at radius 2 is 1.78 bits per heavy atom. The van der Waals surface area contributed by atoms with Crippen molar-refractivity contribution in [3.05, 3.63) is 121 Å². The van der Waals surface area contributed by atoms with Gasteiger partial charge in [-0.05, 0) is 80.0 Å². The molecule has 41 heavy (non-hydrogen) atoms. The van der Waals surface area contributed by atoms with E-state index in [1.165, 1.54) is 22.6 Å². The Kier molecular flexibility index (Phi) is 7.74. The summed E-state index contributed by atoms with van der Waals surface area (Å²) in [6, 6.07) is 19.5. The average Bonchev–Trinajstić information content (AvgIpc) is 2.93. The van der Waals surface area contributed by atoms with Crippen LogP contribution in [0.15, 0.2) is 82.2 Å². The lowest BCUT2D eigenvalue weighted by molar-refractivity contribution is -0.384. The molecule has 0 saturated heterocycles. The number of nitro groups is 1. The normalized spacial score (nSPS) is 17.0. The molecule has 0 radical (unpaired) electrons. The first-order valence-corrected chi connectivity index (χ1v) is 14.6. The van der Waals surface area contributed by atoms with Gasteiger partial charge in [0.05, 0.1) is 28.2 Å². The summed E-state index contributed by atoms with van der Waals surface area (Å²) >= 11 is 1.76. The van der Waals surface area contributed by atoms with E-state index in [1.807, 2.05) is 26.0 Å². The molecule has 1 heterocycles. The molecule has 0 amide bonds. The maximum atomic E-state index is 13.7. The Balaban J connectivity index is 1.66. The zero-order valence-electron chi connectivity index (χ0n) is 23.7. The second kappa shape index (κ2) is 11.3. The van der Waals surface area contributed by atoms with Crippen LogP contribution < -0.4 is 10.6 Å². The molecular formula is C33H32N4O3S. The van der Waals surface area contributed by atoms with Gasteiger partial charge < -0.3 is 5.73 Å². The van der Waals surface area contributed by atoms with Crippen LogP contribution >= 0.6 is 11.8 Å². The predicted molar refractivity (Wildman–Crippen MR) is 162 cm³/mol. The number of nitrogens with zero attached hydrogens (tertiary/aromatic N) is 3. The Morgan fingerprint density at radius 3 is 2.49 bits per heavy atom. The van der Waals surface area contributed by atoms with Crippen LogP contribution in [-0.2, 0) is 10.5 Å². The third-order valence-corrected chi connectivity index (χ3v) is 9.29. The molecule has 1 aliphatic carbocycles. The number of allylic oxidation sites excluding steroid dienone is 3. The van der Waals surface area contributed by atoms with Crippen molar-refractivity contribution in [2.24, 2.45) is 5.73 Å². The first-order chi connectivity index (χ1) is 19.6. The summed E-state index contributed by atoms with van der Waals surface area (Å²) in [6.45, 7) is 8.04. The highest BCUT2D eigenvalue weighted by atomic mass is 32.2. The number of hydrogen-bond donors (Lipinski definition) is 1. The van der Waals surface area contributed by atoms with Gasteiger partial charge in [0.25, 0.3) is 5.69 Å². The SMILES string of the molecule is Cc1cc(C)c(C2C(C#N)=C(N)N(c3cc([N+](=O)[O-])ccc3C)C3=C2C(=O)CCC3)cc1CSc1ccccc1C. The lowest BCUT2D eigenvalue weighted by atomic mass is 9.74. The second-order valence-corrected chi connectivity index (χ2v) is 11.8. The van der Waals surface area contributed by atoms with Gasteiger partial charge in [-0.25, -0.2) is 0 Å². The molecule has 7 nitrogen and oxygen atoms in total. The Labute approximate surface area is 244 Å². The van der Waals surface area contributed by atoms with Gasteiger partial charge >= 0.3 is 0 Å². The van der Waals surface area contributed by atoms with Gasteiger partial charge in [0.1, 0.15) is 5.82 Å². The van der Waals surface area contributed by atoms with Crippen LogP contribution in [0.4, 0.5) is 11.4 Å². The molecule has 1 atom stereocenters. The van der Waals surface area contributed by atoms with Crippen LogP contribution in [-0.4, -0.2) is 10.7 Å². The molecule has 3 aromatic rings. The Bertz CT molecular complexity index is 1700. The van der Waals surface area contributed by atoms with Crippen molar-refractivity contribution >= 4 is 28.9 Å². The van der Waals surface area contributed by atoms with E-state index in [1.54, 1.807) is 22.7 Å². The van der Waals surface area contributed by atoms with E-state index in [0.29, 0.717) is 30.5 Å². The molecule has 8 heteroatoms. The summed E-state index contributed by atoms with van der Waals surface area (Å²) in [4.78, 5) is 27.7. The highest BCUT2D eigenvalue weighted by Gasteiger charge is 2.41. The highest BCUT2D eigenvalue weighted by Crippen LogP contribution is 2.48. The molecule has 1 aliphatic heterocycles. The molecule has 3 aromatic carbocycles. The van der Waals surface area contributed by atoms with E-state index in [4.69, 9.17) is 5.73 Å². The zero-order valence-corrected chi connectivity index (χ0v) is 24.5. The smallest absolute Gasteiger partial charge is 0.271 e. The van der Waals surface area contributed by atoms with Crippen LogP contribution in [0.25, 0.3) is 0 Å². The lowest BCUT2D eigenvalue weighted by Gasteiger charge is -2.40. The number of rotatable bonds is 6. The minimum absolute atomic E-state index is 0.0135. The number of Topliss-reactive ketones (excluding diaryl/α,β-unsaturated/α-hetero) is 1. The number of non-ortho nitro benzene ring substituents is 1. The van der Waals surface area contributed by atoms with Crippen molar-refractivity contribution in [2.45, 2.75) is 63.5 Å². The van der Waals surface area contributed by atoms with Crippen LogP contribution in [0, 0.1) is 49.1 Å². The number of benzene rings is 3. The lowest BCUT2D eigenvalue weighted by Crippen LogP contribution is -2.39. The van der Waals surface area contributed by atoms with Crippen molar-refractivity contribution in [1.82, 2.24) is 0 Å². The standard InChI is InChI=1S/C33H32N4O3S/c1-19-12-13-24(37(39)40)16-28(19)36-27-9-7-10-29(38)32(27)31(26(17-34)33(36)35)25-15-23(21(3)14-22(25)4)18-41-30-11-6-5-8-20(30)2/h5-6,8,11-16,31H,7,9-10,18,35H2,1-4H3. The van der Waals surface area contributed by atoms with E-state index >= 15 is 0 Å². The van der Waals surface area contributed by atoms with Gasteiger partial charge in [-0.3, -0.25) is 19.8 Å². The van der Waals surface area contributed by atoms with Gasteiger partial charge in [0.2, 0.25) is 0 Å². The van der Waals surface area contributed by atoms with E-state index in [2.05, 4.69) is 44.2 Å². The van der Waals surface area contributed by atoms with E-state index in [-0.39, 0.29) is 22.9 Å².